The summed E-state index contributed by atoms with van der Waals surface area (Å²) in [5, 5.41) is 5.28. The van der Waals surface area contributed by atoms with E-state index in [-0.39, 0.29) is 60.3 Å². The van der Waals surface area contributed by atoms with Gasteiger partial charge < -0.3 is 34.6 Å². The lowest BCUT2D eigenvalue weighted by Gasteiger charge is -2.30. The summed E-state index contributed by atoms with van der Waals surface area (Å²) in [5.41, 5.74) is 8.42. The van der Waals surface area contributed by atoms with Gasteiger partial charge in [-0.3, -0.25) is 19.2 Å². The molecule has 0 saturated carbocycles. The zero-order valence-corrected chi connectivity index (χ0v) is 36.0. The molecule has 13 nitrogen and oxygen atoms in total. The van der Waals surface area contributed by atoms with Crippen LogP contribution in [0.15, 0.2) is 60.7 Å². The maximum Gasteiger partial charge on any atom is 0.407 e. The number of Topliss-reactive ketones (excluding diaryl/α,β-unsaturated/α-hetero) is 2. The first kappa shape index (κ1) is 43.5. The predicted octanol–water partition coefficient (Wildman–Crippen LogP) is 6.89. The van der Waals surface area contributed by atoms with Crippen LogP contribution in [-0.2, 0) is 46.2 Å². The van der Waals surface area contributed by atoms with Crippen LogP contribution >= 0.6 is 0 Å². The fraction of sp³-hybridized carbons (Fsp3) is 0.500. The number of rotatable bonds is 14. The maximum atomic E-state index is 13.7. The molecule has 4 aliphatic rings. The summed E-state index contributed by atoms with van der Waals surface area (Å²) in [6, 6.07) is 17.8. The molecule has 0 radical (unpaired) electrons. The second-order valence-electron chi connectivity index (χ2n) is 17.5. The van der Waals surface area contributed by atoms with Crippen molar-refractivity contribution in [2.75, 3.05) is 27.3 Å². The van der Waals surface area contributed by atoms with Crippen LogP contribution in [0.2, 0.25) is 0 Å². The van der Waals surface area contributed by atoms with Gasteiger partial charge in [0.2, 0.25) is 11.8 Å². The van der Waals surface area contributed by atoms with Crippen molar-refractivity contribution in [1.82, 2.24) is 20.4 Å². The van der Waals surface area contributed by atoms with Gasteiger partial charge in [0.05, 0.1) is 38.5 Å². The van der Waals surface area contributed by atoms with E-state index in [1.807, 2.05) is 52.0 Å². The van der Waals surface area contributed by atoms with E-state index in [0.29, 0.717) is 25.9 Å². The van der Waals surface area contributed by atoms with Crippen molar-refractivity contribution in [2.45, 2.75) is 115 Å². The number of nitrogens with one attached hydrogen (secondary N) is 2. The van der Waals surface area contributed by atoms with Gasteiger partial charge in [-0.25, -0.2) is 9.59 Å². The Morgan fingerprint density at radius 1 is 0.590 bits per heavy atom. The molecule has 0 spiro atoms. The highest BCUT2D eigenvalue weighted by atomic mass is 16.5. The molecule has 61 heavy (non-hydrogen) atoms. The molecule has 3 aromatic carbocycles. The molecule has 2 bridgehead atoms. The van der Waals surface area contributed by atoms with Gasteiger partial charge in [0.15, 0.2) is 11.6 Å². The van der Waals surface area contributed by atoms with Gasteiger partial charge in [0.25, 0.3) is 0 Å². The van der Waals surface area contributed by atoms with Gasteiger partial charge >= 0.3 is 12.2 Å². The SMILES string of the molecule is COC(=O)N[C@H](C(=O)N1CCCC1C(=O)Cc1ccc(-c2ccc(-c3ccc(CC(=O)[C@@H]4CCCN4C(=O)[C@@H](NC(=O)OC)C(C)C)cc3)c3c2C2CCC3O2)cc1)C(C)C. The van der Waals surface area contributed by atoms with Crippen molar-refractivity contribution in [3.05, 3.63) is 82.9 Å². The number of alkyl carbamates (subject to hydrolysis) is 2. The Hall–Kier alpha value is -5.56. The Kier molecular flexibility index (Phi) is 13.3. The van der Waals surface area contributed by atoms with Crippen LogP contribution in [-0.4, -0.2) is 96.8 Å². The van der Waals surface area contributed by atoms with Crippen LogP contribution in [0, 0.1) is 11.8 Å². The Bertz CT molecular complexity index is 2000. The van der Waals surface area contributed by atoms with E-state index in [1.54, 1.807) is 9.80 Å². The summed E-state index contributed by atoms with van der Waals surface area (Å²) in [6.45, 7) is 8.35. The number of ketones is 2. The second kappa shape index (κ2) is 18.6. The summed E-state index contributed by atoms with van der Waals surface area (Å²) in [7, 11) is 2.52. The lowest BCUT2D eigenvalue weighted by molar-refractivity contribution is -0.140. The van der Waals surface area contributed by atoms with E-state index in [0.717, 1.165) is 59.1 Å². The van der Waals surface area contributed by atoms with Crippen molar-refractivity contribution < 1.29 is 43.0 Å². The third-order valence-electron chi connectivity index (χ3n) is 12.8. The first-order valence-electron chi connectivity index (χ1n) is 21.7. The Labute approximate surface area is 357 Å². The van der Waals surface area contributed by atoms with Crippen LogP contribution in [0.5, 0.6) is 0 Å². The minimum Gasteiger partial charge on any atom is -0.453 e. The van der Waals surface area contributed by atoms with Gasteiger partial charge in [-0.15, -0.1) is 0 Å². The molecule has 7 rings (SSSR count). The number of likely N-dealkylation sites (tertiary alicyclic amines) is 2. The third-order valence-corrected chi connectivity index (χ3v) is 12.8. The molecule has 2 N–H and O–H groups in total. The van der Waals surface area contributed by atoms with Crippen LogP contribution < -0.4 is 10.6 Å². The summed E-state index contributed by atoms with van der Waals surface area (Å²) in [6.07, 6.45) is 3.56. The van der Waals surface area contributed by atoms with Crippen molar-refractivity contribution in [3.8, 4) is 22.3 Å². The van der Waals surface area contributed by atoms with Gasteiger partial charge in [-0.1, -0.05) is 88.4 Å². The van der Waals surface area contributed by atoms with Crippen LogP contribution in [0.1, 0.15) is 101 Å². The van der Waals surface area contributed by atoms with Gasteiger partial charge in [-0.05, 0) is 94.9 Å². The molecule has 3 fully saturated rings. The number of nitrogens with zero attached hydrogens (tertiary/aromatic N) is 2. The average molecular weight is 835 g/mol. The Balaban J connectivity index is 1.03. The molecule has 0 aliphatic carbocycles. The van der Waals surface area contributed by atoms with E-state index in [2.05, 4.69) is 47.0 Å². The zero-order valence-electron chi connectivity index (χ0n) is 36.0. The highest BCUT2D eigenvalue weighted by Gasteiger charge is 2.43. The molecule has 3 saturated heterocycles. The lowest BCUT2D eigenvalue weighted by Crippen LogP contribution is -2.53. The molecular weight excluding hydrogens is 777 g/mol. The van der Waals surface area contributed by atoms with Crippen LogP contribution in [0.4, 0.5) is 9.59 Å². The summed E-state index contributed by atoms with van der Waals surface area (Å²) >= 11 is 0. The van der Waals surface area contributed by atoms with Crippen molar-refractivity contribution >= 4 is 35.6 Å². The molecular formula is C48H58N4O9. The topological polar surface area (TPSA) is 161 Å². The molecule has 13 heteroatoms. The van der Waals surface area contributed by atoms with Crippen molar-refractivity contribution in [2.24, 2.45) is 11.8 Å². The molecule has 6 atom stereocenters. The smallest absolute Gasteiger partial charge is 0.407 e. The Morgan fingerprint density at radius 3 is 1.31 bits per heavy atom. The van der Waals surface area contributed by atoms with E-state index >= 15 is 0 Å². The second-order valence-corrected chi connectivity index (χ2v) is 17.5. The molecule has 324 valence electrons. The standard InChI is InChI=1S/C48H58N4O9/c1-27(2)43(49-47(57)59-5)45(55)51-23-7-9-35(51)37(53)25-29-11-15-31(16-12-29)33-19-20-34(42-40-22-21-39(61-40)41(33)42)32-17-13-30(14-18-32)26-38(54)36-10-8-24-52(36)46(56)44(28(3)4)50-48(58)60-6/h11-20,27-28,35-36,39-40,43-44H,7-10,21-26H2,1-6H3,(H,49,57)(H,50,58)/t35-,36?,39?,40?,43-,44-/m0/s1. The molecule has 4 heterocycles. The minimum atomic E-state index is -0.779. The monoisotopic (exact) mass is 834 g/mol. The normalized spacial score (nSPS) is 21.3. The average Bonchev–Trinajstić information content (AvgIpc) is 4.10. The number of methoxy groups -OCH3 is 2. The van der Waals surface area contributed by atoms with E-state index in [9.17, 15) is 28.8 Å². The van der Waals surface area contributed by atoms with Crippen LogP contribution in [0.25, 0.3) is 22.3 Å². The number of hydrogen-bond acceptors (Lipinski definition) is 9. The fourth-order valence-electron chi connectivity index (χ4n) is 9.62. The van der Waals surface area contributed by atoms with Crippen molar-refractivity contribution in [3.63, 3.8) is 0 Å². The first-order chi connectivity index (χ1) is 29.3. The summed E-state index contributed by atoms with van der Waals surface area (Å²) in [4.78, 5) is 81.5. The molecule has 3 aromatic rings. The highest BCUT2D eigenvalue weighted by Crippen LogP contribution is 2.56. The quantitative estimate of drug-likeness (QED) is 0.176. The highest BCUT2D eigenvalue weighted by molar-refractivity contribution is 5.95. The molecule has 4 amide bonds. The fourth-order valence-corrected chi connectivity index (χ4v) is 9.62. The van der Waals surface area contributed by atoms with Crippen molar-refractivity contribution in [1.29, 1.82) is 0 Å². The molecule has 0 aromatic heterocycles. The van der Waals surface area contributed by atoms with Gasteiger partial charge in [0, 0.05) is 25.9 Å². The molecule has 3 unspecified atom stereocenters. The van der Waals surface area contributed by atoms with Gasteiger partial charge in [0.1, 0.15) is 12.1 Å². The summed E-state index contributed by atoms with van der Waals surface area (Å²) < 4.78 is 16.0. The van der Waals surface area contributed by atoms with E-state index in [4.69, 9.17) is 14.2 Å². The van der Waals surface area contributed by atoms with E-state index in [1.165, 1.54) is 25.3 Å². The maximum absolute atomic E-state index is 13.7. The van der Waals surface area contributed by atoms with Gasteiger partial charge in [-0.2, -0.15) is 0 Å². The number of ether oxygens (including phenoxy) is 3. The minimum absolute atomic E-state index is 0.00231. The predicted molar refractivity (Wildman–Crippen MR) is 228 cm³/mol. The van der Waals surface area contributed by atoms with Crippen LogP contribution in [0.3, 0.4) is 0 Å². The summed E-state index contributed by atoms with van der Waals surface area (Å²) in [5.74, 6) is -0.919. The lowest BCUT2D eigenvalue weighted by atomic mass is 9.81. The number of amides is 4. The molecule has 4 aliphatic heterocycles. The first-order valence-corrected chi connectivity index (χ1v) is 21.7. The number of fused-ring (bicyclic) bond motifs is 5. The number of carbonyl (C=O) groups excluding carboxylic acids is 6. The number of hydrogen-bond donors (Lipinski definition) is 2. The number of carbonyl (C=O) groups is 6. The largest absolute Gasteiger partial charge is 0.453 e. The Morgan fingerprint density at radius 2 is 0.967 bits per heavy atom. The number of benzene rings is 3. The third kappa shape index (κ3) is 9.07. The van der Waals surface area contributed by atoms with E-state index < -0.39 is 36.4 Å². The zero-order chi connectivity index (χ0) is 43.5.